The molecule has 0 aliphatic carbocycles. The molecule has 0 radical (unpaired) electrons. The molecule has 4 nitrogen and oxygen atoms in total. The Bertz CT molecular complexity index is 749. The minimum atomic E-state index is -1.21. The third kappa shape index (κ3) is 4.06. The first kappa shape index (κ1) is 14.6. The SMILES string of the molecule is [C-]#[N+]/C(=C\c1ccc(/C=C/c2ccc(N)cc2)s1)C(=O)O. The van der Waals surface area contributed by atoms with Gasteiger partial charge in [0, 0.05) is 15.4 Å². The van der Waals surface area contributed by atoms with Crippen molar-refractivity contribution in [2.45, 2.75) is 0 Å². The van der Waals surface area contributed by atoms with Gasteiger partial charge in [-0.25, -0.2) is 4.85 Å². The van der Waals surface area contributed by atoms with Gasteiger partial charge >= 0.3 is 5.97 Å². The molecule has 0 bridgehead atoms. The predicted octanol–water partition coefficient (Wildman–Crippen LogP) is 3.85. The van der Waals surface area contributed by atoms with E-state index in [9.17, 15) is 4.79 Å². The van der Waals surface area contributed by atoms with Gasteiger partial charge in [0.05, 0.1) is 6.57 Å². The van der Waals surface area contributed by atoms with Crippen molar-refractivity contribution in [3.05, 3.63) is 68.8 Å². The lowest BCUT2D eigenvalue weighted by Crippen LogP contribution is -1.94. The van der Waals surface area contributed by atoms with Gasteiger partial charge < -0.3 is 10.8 Å². The molecule has 0 unspecified atom stereocenters. The van der Waals surface area contributed by atoms with E-state index in [0.29, 0.717) is 0 Å². The van der Waals surface area contributed by atoms with E-state index in [0.717, 1.165) is 21.0 Å². The van der Waals surface area contributed by atoms with Gasteiger partial charge in [-0.05, 0) is 42.0 Å². The fraction of sp³-hybridized carbons (Fsp3) is 0. The average molecular weight is 296 g/mol. The number of benzene rings is 1. The number of nitrogens with zero attached hydrogens (tertiary/aromatic N) is 1. The molecule has 0 aliphatic rings. The van der Waals surface area contributed by atoms with Crippen LogP contribution in [0.3, 0.4) is 0 Å². The average Bonchev–Trinajstić information content (AvgIpc) is 2.91. The number of aliphatic carboxylic acids is 1. The van der Waals surface area contributed by atoms with E-state index < -0.39 is 5.97 Å². The fourth-order valence-electron chi connectivity index (χ4n) is 1.60. The quantitative estimate of drug-likeness (QED) is 0.511. The van der Waals surface area contributed by atoms with Crippen molar-refractivity contribution in [2.75, 3.05) is 5.73 Å². The Morgan fingerprint density at radius 2 is 1.81 bits per heavy atom. The summed E-state index contributed by atoms with van der Waals surface area (Å²) >= 11 is 1.42. The third-order valence-electron chi connectivity index (χ3n) is 2.64. The van der Waals surface area contributed by atoms with Crippen LogP contribution in [0.2, 0.25) is 0 Å². The zero-order valence-electron chi connectivity index (χ0n) is 11.0. The molecule has 0 fully saturated rings. The van der Waals surface area contributed by atoms with Gasteiger partial charge in [0.2, 0.25) is 0 Å². The number of nitrogen functional groups attached to an aromatic ring is 1. The molecular formula is C16H12N2O2S. The van der Waals surface area contributed by atoms with Gasteiger partial charge in [-0.3, -0.25) is 4.79 Å². The van der Waals surface area contributed by atoms with Crippen LogP contribution in [0.25, 0.3) is 23.1 Å². The highest BCUT2D eigenvalue weighted by molar-refractivity contribution is 7.13. The lowest BCUT2D eigenvalue weighted by atomic mass is 10.2. The molecule has 0 saturated carbocycles. The van der Waals surface area contributed by atoms with Gasteiger partial charge in [0.1, 0.15) is 0 Å². The lowest BCUT2D eigenvalue weighted by molar-refractivity contribution is -0.132. The maximum absolute atomic E-state index is 10.8. The van der Waals surface area contributed by atoms with E-state index in [1.807, 2.05) is 42.5 Å². The molecule has 5 heteroatoms. The molecule has 1 heterocycles. The Labute approximate surface area is 126 Å². The summed E-state index contributed by atoms with van der Waals surface area (Å²) in [7, 11) is 0. The Balaban J connectivity index is 2.15. The van der Waals surface area contributed by atoms with Crippen molar-refractivity contribution >= 4 is 41.2 Å². The van der Waals surface area contributed by atoms with Crippen molar-refractivity contribution in [1.82, 2.24) is 0 Å². The highest BCUT2D eigenvalue weighted by atomic mass is 32.1. The first-order chi connectivity index (χ1) is 10.1. The highest BCUT2D eigenvalue weighted by Gasteiger charge is 2.07. The molecule has 21 heavy (non-hydrogen) atoms. The van der Waals surface area contributed by atoms with Crippen LogP contribution in [-0.2, 0) is 4.79 Å². The van der Waals surface area contributed by atoms with E-state index in [2.05, 4.69) is 4.85 Å². The zero-order chi connectivity index (χ0) is 15.2. The van der Waals surface area contributed by atoms with E-state index >= 15 is 0 Å². The standard InChI is InChI=1S/C16H12N2O2S/c1-18-15(16(19)20)10-14-9-8-13(21-14)7-4-11-2-5-12(17)6-3-11/h2-10H,17H2,(H,19,20)/b7-4+,15-10-. The van der Waals surface area contributed by atoms with Crippen LogP contribution in [0.5, 0.6) is 0 Å². The molecule has 2 rings (SSSR count). The number of anilines is 1. The second-order valence-electron chi connectivity index (χ2n) is 4.19. The molecule has 2 aromatic rings. The summed E-state index contributed by atoms with van der Waals surface area (Å²) in [6, 6.07) is 11.2. The molecule has 1 aromatic heterocycles. The fourth-order valence-corrected chi connectivity index (χ4v) is 2.45. The van der Waals surface area contributed by atoms with Gasteiger partial charge in [-0.1, -0.05) is 18.2 Å². The third-order valence-corrected chi connectivity index (χ3v) is 3.64. The Hall–Kier alpha value is -2.84. The smallest absolute Gasteiger partial charge is 0.333 e. The van der Waals surface area contributed by atoms with Crippen LogP contribution in [-0.4, -0.2) is 11.1 Å². The lowest BCUT2D eigenvalue weighted by Gasteiger charge is -1.94. The summed E-state index contributed by atoms with van der Waals surface area (Å²) in [5.74, 6) is -1.21. The number of rotatable bonds is 4. The predicted molar refractivity (Wildman–Crippen MR) is 86.3 cm³/mol. The Kier molecular flexibility index (Phi) is 4.54. The van der Waals surface area contributed by atoms with Gasteiger partial charge in [-0.2, -0.15) is 0 Å². The Morgan fingerprint density at radius 3 is 2.43 bits per heavy atom. The number of thiophene rings is 1. The minimum absolute atomic E-state index is 0.286. The summed E-state index contributed by atoms with van der Waals surface area (Å²) in [4.78, 5) is 15.5. The van der Waals surface area contributed by atoms with Crippen LogP contribution in [0, 0.1) is 6.57 Å². The van der Waals surface area contributed by atoms with Gasteiger partial charge in [0.25, 0.3) is 5.70 Å². The van der Waals surface area contributed by atoms with E-state index in [4.69, 9.17) is 17.4 Å². The van der Waals surface area contributed by atoms with Crippen LogP contribution in [0.15, 0.2) is 42.1 Å². The van der Waals surface area contributed by atoms with Gasteiger partial charge in [-0.15, -0.1) is 11.3 Å². The second-order valence-corrected chi connectivity index (χ2v) is 5.33. The van der Waals surface area contributed by atoms with Gasteiger partial charge in [0.15, 0.2) is 0 Å². The number of hydrogen-bond acceptors (Lipinski definition) is 3. The minimum Gasteiger partial charge on any atom is -0.486 e. The van der Waals surface area contributed by atoms with Crippen molar-refractivity contribution in [1.29, 1.82) is 0 Å². The van der Waals surface area contributed by atoms with Crippen LogP contribution in [0.1, 0.15) is 15.3 Å². The number of nitrogens with two attached hydrogens (primary N) is 1. The summed E-state index contributed by atoms with van der Waals surface area (Å²) in [5.41, 5.74) is 7.08. The number of carboxylic acids is 1. The number of carboxylic acid groups (broad SMARTS) is 1. The molecule has 0 atom stereocenters. The van der Waals surface area contributed by atoms with Crippen LogP contribution < -0.4 is 5.73 Å². The largest absolute Gasteiger partial charge is 0.486 e. The van der Waals surface area contributed by atoms with Crippen LogP contribution in [0.4, 0.5) is 5.69 Å². The summed E-state index contributed by atoms with van der Waals surface area (Å²) in [6.45, 7) is 6.81. The van der Waals surface area contributed by atoms with Crippen molar-refractivity contribution in [3.8, 4) is 0 Å². The van der Waals surface area contributed by atoms with Crippen molar-refractivity contribution < 1.29 is 9.90 Å². The molecule has 0 spiro atoms. The maximum atomic E-state index is 10.8. The number of carbonyl (C=O) groups is 1. The van der Waals surface area contributed by atoms with Crippen LogP contribution >= 0.6 is 11.3 Å². The molecule has 0 saturated heterocycles. The van der Waals surface area contributed by atoms with Crippen molar-refractivity contribution in [2.24, 2.45) is 0 Å². The molecule has 3 N–H and O–H groups in total. The first-order valence-electron chi connectivity index (χ1n) is 6.04. The summed E-state index contributed by atoms with van der Waals surface area (Å²) < 4.78 is 0. The highest BCUT2D eigenvalue weighted by Crippen LogP contribution is 2.22. The maximum Gasteiger partial charge on any atom is 0.333 e. The first-order valence-corrected chi connectivity index (χ1v) is 6.86. The monoisotopic (exact) mass is 296 g/mol. The Morgan fingerprint density at radius 1 is 1.14 bits per heavy atom. The topological polar surface area (TPSA) is 67.7 Å². The van der Waals surface area contributed by atoms with E-state index in [-0.39, 0.29) is 5.70 Å². The van der Waals surface area contributed by atoms with E-state index in [1.54, 1.807) is 6.07 Å². The summed E-state index contributed by atoms with van der Waals surface area (Å²) in [5, 5.41) is 8.81. The summed E-state index contributed by atoms with van der Waals surface area (Å²) in [6.07, 6.45) is 5.26. The molecule has 0 amide bonds. The zero-order valence-corrected chi connectivity index (χ0v) is 11.8. The van der Waals surface area contributed by atoms with E-state index in [1.165, 1.54) is 17.4 Å². The molecular weight excluding hydrogens is 284 g/mol. The van der Waals surface area contributed by atoms with Crippen molar-refractivity contribution in [3.63, 3.8) is 0 Å². The second kappa shape index (κ2) is 6.55. The normalized spacial score (nSPS) is 11.5. The molecule has 1 aromatic carbocycles. The number of hydrogen-bond donors (Lipinski definition) is 2. The molecule has 0 aliphatic heterocycles. The molecule has 104 valence electrons.